The van der Waals surface area contributed by atoms with Gasteiger partial charge in [0, 0.05) is 15.8 Å². The number of thioether (sulfide) groups is 1. The molecule has 0 bridgehead atoms. The summed E-state index contributed by atoms with van der Waals surface area (Å²) in [4.78, 5) is 40.6. The molecule has 0 radical (unpaired) electrons. The number of allylic oxidation sites excluding steroid dienone is 1. The van der Waals surface area contributed by atoms with Crippen molar-refractivity contribution in [2.45, 2.75) is 50.4 Å². The first kappa shape index (κ1) is 34.0. The molecule has 5 rings (SSSR count). The molecule has 2 aromatic heterocycles. The minimum Gasteiger partial charge on any atom is -0.462 e. The predicted molar refractivity (Wildman–Crippen MR) is 171 cm³/mol. The number of hydrogen-bond acceptors (Lipinski definition) is 10. The van der Waals surface area contributed by atoms with E-state index >= 15 is 0 Å². The molecule has 2 aliphatic rings. The number of nitriles is 1. The molecule has 0 spiro atoms. The number of Topliss-reactive ketones (excluding diaryl/α,β-unsaturated/α-hetero) is 1. The van der Waals surface area contributed by atoms with Crippen LogP contribution < -0.4 is 10.6 Å². The summed E-state index contributed by atoms with van der Waals surface area (Å²) in [5, 5.41) is 27.8. The molecule has 0 saturated carbocycles. The maximum absolute atomic E-state index is 14.8. The number of carbonyl (C=O) groups excluding carboxylic acids is 3. The quantitative estimate of drug-likeness (QED) is 0.159. The Morgan fingerprint density at radius 3 is 2.61 bits per heavy atom. The molecule has 1 aliphatic heterocycles. The number of anilines is 1. The second kappa shape index (κ2) is 13.8. The molecule has 3 aromatic rings. The molecule has 0 unspecified atom stereocenters. The van der Waals surface area contributed by atoms with Gasteiger partial charge in [0.2, 0.25) is 11.6 Å². The Morgan fingerprint density at radius 1 is 1.22 bits per heavy atom. The van der Waals surface area contributed by atoms with E-state index < -0.39 is 52.2 Å². The molecular weight excluding hydrogens is 683 g/mol. The number of alkyl halides is 3. The minimum absolute atomic E-state index is 0.00842. The van der Waals surface area contributed by atoms with Crippen LogP contribution in [0.1, 0.15) is 61.7 Å². The second-order valence-corrected chi connectivity index (χ2v) is 14.0. The summed E-state index contributed by atoms with van der Waals surface area (Å²) >= 11 is 9.14. The molecule has 46 heavy (non-hydrogen) atoms. The van der Waals surface area contributed by atoms with Crippen LogP contribution in [0.3, 0.4) is 0 Å². The smallest absolute Gasteiger partial charge is 0.437 e. The van der Waals surface area contributed by atoms with Gasteiger partial charge in [0.15, 0.2) is 5.78 Å². The average molecular weight is 710 g/mol. The molecular formula is C31H27ClF3N3O5S3. The zero-order chi connectivity index (χ0) is 33.2. The van der Waals surface area contributed by atoms with Gasteiger partial charge in [0.25, 0.3) is 0 Å². The van der Waals surface area contributed by atoms with Gasteiger partial charge in [-0.05, 0) is 61.2 Å². The van der Waals surface area contributed by atoms with E-state index in [1.54, 1.807) is 13.0 Å². The third-order valence-corrected chi connectivity index (χ3v) is 11.2. The lowest BCUT2D eigenvalue weighted by Crippen LogP contribution is -2.66. The van der Waals surface area contributed by atoms with Crippen LogP contribution in [0.15, 0.2) is 52.4 Å². The van der Waals surface area contributed by atoms with E-state index in [4.69, 9.17) is 16.3 Å². The lowest BCUT2D eigenvalue weighted by atomic mass is 9.70. The van der Waals surface area contributed by atoms with Gasteiger partial charge in [-0.25, -0.2) is 4.79 Å². The molecule has 3 heterocycles. The van der Waals surface area contributed by atoms with Gasteiger partial charge in [-0.2, -0.15) is 18.4 Å². The van der Waals surface area contributed by atoms with E-state index in [2.05, 4.69) is 5.32 Å². The summed E-state index contributed by atoms with van der Waals surface area (Å²) in [5.74, 6) is -6.62. The Balaban J connectivity index is 1.52. The number of nitrogens with zero attached hydrogens (tertiary/aromatic N) is 1. The Labute approximate surface area is 279 Å². The Kier molecular flexibility index (Phi) is 10.2. The van der Waals surface area contributed by atoms with Crippen molar-refractivity contribution in [1.82, 2.24) is 5.32 Å². The van der Waals surface area contributed by atoms with Crippen molar-refractivity contribution in [2.75, 3.05) is 17.7 Å². The zero-order valence-corrected chi connectivity index (χ0v) is 27.4. The van der Waals surface area contributed by atoms with Crippen LogP contribution in [-0.2, 0) is 22.4 Å². The van der Waals surface area contributed by atoms with E-state index in [9.17, 15) is 37.9 Å². The summed E-state index contributed by atoms with van der Waals surface area (Å²) in [6, 6.07) is 10.6. The fraction of sp³-hybridized carbons (Fsp3) is 0.355. The van der Waals surface area contributed by atoms with Crippen LogP contribution >= 0.6 is 46.0 Å². The van der Waals surface area contributed by atoms with Crippen molar-refractivity contribution in [3.63, 3.8) is 0 Å². The van der Waals surface area contributed by atoms with E-state index in [-0.39, 0.29) is 38.2 Å². The normalized spacial score (nSPS) is 21.2. The number of fused-ring (bicyclic) bond motifs is 1. The van der Waals surface area contributed by atoms with E-state index in [1.165, 1.54) is 47.0 Å². The fourth-order valence-corrected chi connectivity index (χ4v) is 8.85. The van der Waals surface area contributed by atoms with Crippen molar-refractivity contribution >= 4 is 68.7 Å². The highest BCUT2D eigenvalue weighted by Gasteiger charge is 2.66. The number of esters is 1. The number of halogens is 4. The molecule has 1 amide bonds. The topological polar surface area (TPSA) is 129 Å². The first-order valence-electron chi connectivity index (χ1n) is 14.2. The summed E-state index contributed by atoms with van der Waals surface area (Å²) in [5.41, 5.74) is -3.01. The molecule has 1 aliphatic carbocycles. The van der Waals surface area contributed by atoms with E-state index in [0.717, 1.165) is 41.0 Å². The molecule has 15 heteroatoms. The zero-order valence-electron chi connectivity index (χ0n) is 24.2. The van der Waals surface area contributed by atoms with Gasteiger partial charge in [-0.1, -0.05) is 47.6 Å². The maximum Gasteiger partial charge on any atom is 0.437 e. The fourth-order valence-electron chi connectivity index (χ4n) is 5.70. The Bertz CT molecular complexity index is 1730. The first-order chi connectivity index (χ1) is 21.9. The van der Waals surface area contributed by atoms with Crippen molar-refractivity contribution in [2.24, 2.45) is 5.92 Å². The summed E-state index contributed by atoms with van der Waals surface area (Å²) < 4.78 is 49.7. The largest absolute Gasteiger partial charge is 0.462 e. The van der Waals surface area contributed by atoms with Gasteiger partial charge >= 0.3 is 12.1 Å². The van der Waals surface area contributed by atoms with Crippen molar-refractivity contribution in [3.8, 4) is 6.07 Å². The second-order valence-electron chi connectivity index (χ2n) is 10.5. The molecule has 3 N–H and O–H groups in total. The number of benzene rings is 1. The number of hydrogen-bond donors (Lipinski definition) is 3. The minimum atomic E-state index is -5.40. The van der Waals surface area contributed by atoms with Gasteiger partial charge < -0.3 is 20.5 Å². The van der Waals surface area contributed by atoms with Crippen molar-refractivity contribution < 1.29 is 37.4 Å². The van der Waals surface area contributed by atoms with Crippen LogP contribution in [0.25, 0.3) is 0 Å². The number of amides is 1. The first-order valence-corrected chi connectivity index (χ1v) is 17.2. The molecule has 1 aromatic carbocycles. The Morgan fingerprint density at radius 2 is 1.96 bits per heavy atom. The van der Waals surface area contributed by atoms with Gasteiger partial charge in [-0.3, -0.25) is 9.59 Å². The standard InChI is InChI=1S/C31H27ClF3N3O5S3/c1-2-43-29(41)24-17-9-4-6-11-20(17)46-28(24)37-22(39)15-45-27-18(14-36)23(16-8-3-5-10-19(16)32)25(26(40)21-12-7-13-44-21)30(42,38-27)31(33,34)35/h3,5,7-8,10,12-13,23,25,38,42H,2,4,6,9,11,15H2,1H3,(H,37,39)/t23-,25+,30-/m0/s1. The van der Waals surface area contributed by atoms with Crippen LogP contribution in [0.4, 0.5) is 18.2 Å². The van der Waals surface area contributed by atoms with Gasteiger partial charge in [-0.15, -0.1) is 22.7 Å². The molecule has 0 saturated heterocycles. The third kappa shape index (κ3) is 6.44. The SMILES string of the molecule is CCOC(=O)c1c(NC(=O)CSC2=C(C#N)[C@H](c3ccccc3Cl)[C@H](C(=O)c3cccs3)[C@](O)(C(F)(F)F)N2)sc2c1CCCC2. The number of ketones is 1. The van der Waals surface area contributed by atoms with Gasteiger partial charge in [0.05, 0.1) is 45.4 Å². The average Bonchev–Trinajstić information content (AvgIpc) is 3.68. The highest BCUT2D eigenvalue weighted by atomic mass is 35.5. The van der Waals surface area contributed by atoms with E-state index in [0.29, 0.717) is 18.2 Å². The number of rotatable bonds is 9. The Hall–Kier alpha value is -3.35. The highest BCUT2D eigenvalue weighted by molar-refractivity contribution is 8.03. The molecule has 0 fully saturated rings. The number of thiophene rings is 2. The van der Waals surface area contributed by atoms with Crippen LogP contribution in [0.2, 0.25) is 5.02 Å². The third-order valence-electron chi connectivity index (χ3n) is 7.73. The number of carbonyl (C=O) groups is 3. The van der Waals surface area contributed by atoms with Crippen LogP contribution in [0, 0.1) is 17.2 Å². The lowest BCUT2D eigenvalue weighted by Gasteiger charge is -2.45. The summed E-state index contributed by atoms with van der Waals surface area (Å²) in [6.07, 6.45) is -2.20. The number of aliphatic hydroxyl groups is 1. The van der Waals surface area contributed by atoms with E-state index in [1.807, 2.05) is 11.4 Å². The molecule has 3 atom stereocenters. The summed E-state index contributed by atoms with van der Waals surface area (Å²) in [7, 11) is 0. The van der Waals surface area contributed by atoms with Crippen LogP contribution in [0.5, 0.6) is 0 Å². The number of ether oxygens (including phenoxy) is 1. The molecule has 8 nitrogen and oxygen atoms in total. The van der Waals surface area contributed by atoms with Crippen LogP contribution in [-0.4, -0.2) is 47.0 Å². The maximum atomic E-state index is 14.8. The van der Waals surface area contributed by atoms with Gasteiger partial charge in [0.1, 0.15) is 5.00 Å². The van der Waals surface area contributed by atoms with Crippen molar-refractivity contribution in [3.05, 3.63) is 83.8 Å². The predicted octanol–water partition coefficient (Wildman–Crippen LogP) is 7.06. The van der Waals surface area contributed by atoms with Crippen molar-refractivity contribution in [1.29, 1.82) is 5.26 Å². The summed E-state index contributed by atoms with van der Waals surface area (Å²) in [6.45, 7) is 1.80. The molecule has 242 valence electrons. The number of aryl methyl sites for hydroxylation is 1. The highest BCUT2D eigenvalue weighted by Crippen LogP contribution is 2.52. The number of nitrogens with one attached hydrogen (secondary N) is 2. The monoisotopic (exact) mass is 709 g/mol. The lowest BCUT2D eigenvalue weighted by molar-refractivity contribution is -0.285.